The summed E-state index contributed by atoms with van der Waals surface area (Å²) in [5.41, 5.74) is 0.802. The molecule has 0 amide bonds. The normalized spacial score (nSPS) is 10.4. The van der Waals surface area contributed by atoms with Crippen molar-refractivity contribution in [2.75, 3.05) is 0 Å². The molecule has 0 saturated carbocycles. The van der Waals surface area contributed by atoms with Gasteiger partial charge in [-0.15, -0.1) is 0 Å². The summed E-state index contributed by atoms with van der Waals surface area (Å²) in [6.45, 7) is 1.84. The van der Waals surface area contributed by atoms with Crippen LogP contribution in [0.15, 0.2) is 28.9 Å². The molecule has 0 aliphatic carbocycles. The van der Waals surface area contributed by atoms with Gasteiger partial charge in [-0.3, -0.25) is 0 Å². The van der Waals surface area contributed by atoms with Crippen molar-refractivity contribution in [2.24, 2.45) is 0 Å². The molecule has 0 spiro atoms. The molecule has 0 atom stereocenters. The first-order chi connectivity index (χ1) is 8.06. The molecule has 0 unspecified atom stereocenters. The number of hydrogen-bond acceptors (Lipinski definition) is 3. The summed E-state index contributed by atoms with van der Waals surface area (Å²) in [7, 11) is 0. The van der Waals surface area contributed by atoms with Crippen molar-refractivity contribution in [3.05, 3.63) is 44.7 Å². The lowest BCUT2D eigenvalue weighted by atomic mass is 10.3. The van der Waals surface area contributed by atoms with E-state index in [4.69, 9.17) is 27.9 Å². The fourth-order valence-electron chi connectivity index (χ4n) is 1.17. The summed E-state index contributed by atoms with van der Waals surface area (Å²) in [5, 5.41) is 0.775. The average Bonchev–Trinajstić information content (AvgIpc) is 2.27. The van der Waals surface area contributed by atoms with Crippen LogP contribution in [0, 0.1) is 6.92 Å². The highest BCUT2D eigenvalue weighted by Gasteiger charge is 2.08. The molecular formula is C11H7BrCl2N2O. The Morgan fingerprint density at radius 2 is 2.06 bits per heavy atom. The lowest BCUT2D eigenvalue weighted by molar-refractivity contribution is 0.454. The highest BCUT2D eigenvalue weighted by molar-refractivity contribution is 9.10. The number of benzene rings is 1. The van der Waals surface area contributed by atoms with Crippen LogP contribution in [0.2, 0.25) is 10.3 Å². The Bertz CT molecular complexity index is 563. The molecule has 2 aromatic rings. The third kappa shape index (κ3) is 3.09. The largest absolute Gasteiger partial charge is 0.437 e. The van der Waals surface area contributed by atoms with E-state index in [2.05, 4.69) is 25.9 Å². The van der Waals surface area contributed by atoms with Gasteiger partial charge in [0.2, 0.25) is 11.2 Å². The van der Waals surface area contributed by atoms with Gasteiger partial charge in [0.05, 0.1) is 4.47 Å². The maximum atomic E-state index is 5.84. The van der Waals surface area contributed by atoms with Gasteiger partial charge in [-0.2, -0.15) is 4.98 Å². The first-order valence-electron chi connectivity index (χ1n) is 4.68. The Labute approximate surface area is 117 Å². The molecule has 1 aromatic carbocycles. The van der Waals surface area contributed by atoms with Crippen LogP contribution in [-0.4, -0.2) is 9.97 Å². The van der Waals surface area contributed by atoms with Gasteiger partial charge in [0.1, 0.15) is 5.75 Å². The molecule has 0 N–H and O–H groups in total. The molecule has 0 aliphatic heterocycles. The van der Waals surface area contributed by atoms with E-state index < -0.39 is 0 Å². The zero-order chi connectivity index (χ0) is 12.4. The minimum Gasteiger partial charge on any atom is -0.437 e. The summed E-state index contributed by atoms with van der Waals surface area (Å²) in [6.07, 6.45) is 1.61. The second kappa shape index (κ2) is 5.21. The summed E-state index contributed by atoms with van der Waals surface area (Å²) in [5.74, 6) is 1.04. The van der Waals surface area contributed by atoms with Crippen LogP contribution in [-0.2, 0) is 0 Å². The molecule has 17 heavy (non-hydrogen) atoms. The minimum atomic E-state index is 0.149. The number of halogens is 3. The van der Waals surface area contributed by atoms with Gasteiger partial charge in [0, 0.05) is 16.8 Å². The van der Waals surface area contributed by atoms with Gasteiger partial charge in [-0.1, -0.05) is 11.6 Å². The van der Waals surface area contributed by atoms with Gasteiger partial charge in [0.25, 0.3) is 0 Å². The van der Waals surface area contributed by atoms with Crippen LogP contribution in [0.3, 0.4) is 0 Å². The lowest BCUT2D eigenvalue weighted by Crippen LogP contribution is -1.94. The molecule has 88 valence electrons. The predicted octanol–water partition coefficient (Wildman–Crippen LogP) is 4.65. The predicted molar refractivity (Wildman–Crippen MR) is 71.0 cm³/mol. The summed E-state index contributed by atoms with van der Waals surface area (Å²) >= 11 is 14.9. The van der Waals surface area contributed by atoms with E-state index in [-0.39, 0.29) is 5.28 Å². The number of rotatable bonds is 2. The molecule has 6 heteroatoms. The number of nitrogens with zero attached hydrogens (tertiary/aromatic N) is 2. The maximum Gasteiger partial charge on any atom is 0.226 e. The Kier molecular flexibility index (Phi) is 3.86. The molecule has 0 radical (unpaired) electrons. The van der Waals surface area contributed by atoms with Crippen LogP contribution in [0.25, 0.3) is 0 Å². The minimum absolute atomic E-state index is 0.149. The van der Waals surface area contributed by atoms with Crippen molar-refractivity contribution in [2.45, 2.75) is 6.92 Å². The molecule has 2 rings (SSSR count). The van der Waals surface area contributed by atoms with E-state index in [1.807, 2.05) is 6.92 Å². The molecule has 0 aliphatic rings. The summed E-state index contributed by atoms with van der Waals surface area (Å²) in [4.78, 5) is 7.87. The third-order valence-electron chi connectivity index (χ3n) is 2.00. The van der Waals surface area contributed by atoms with Crippen LogP contribution >= 0.6 is 39.1 Å². The van der Waals surface area contributed by atoms with E-state index >= 15 is 0 Å². The van der Waals surface area contributed by atoms with E-state index in [1.165, 1.54) is 0 Å². The number of hydrogen-bond donors (Lipinski definition) is 0. The lowest BCUT2D eigenvalue weighted by Gasteiger charge is -2.09. The van der Waals surface area contributed by atoms with E-state index in [1.54, 1.807) is 24.4 Å². The Hall–Kier alpha value is -0.840. The second-order valence-electron chi connectivity index (χ2n) is 3.30. The van der Waals surface area contributed by atoms with Gasteiger partial charge < -0.3 is 4.74 Å². The maximum absolute atomic E-state index is 5.84. The first kappa shape index (κ1) is 12.6. The van der Waals surface area contributed by atoms with Gasteiger partial charge in [-0.05, 0) is 52.7 Å². The monoisotopic (exact) mass is 332 g/mol. The average molecular weight is 334 g/mol. The standard InChI is InChI=1S/C11H7BrCl2N2O/c1-6-5-15-11(14)16-10(6)17-9-3-2-7(13)4-8(9)12/h2-5H,1H3. The van der Waals surface area contributed by atoms with Gasteiger partial charge in [0.15, 0.2) is 0 Å². The Morgan fingerprint density at radius 1 is 1.29 bits per heavy atom. The van der Waals surface area contributed by atoms with Crippen LogP contribution in [0.5, 0.6) is 11.6 Å². The summed E-state index contributed by atoms with van der Waals surface area (Å²) in [6, 6.07) is 5.23. The van der Waals surface area contributed by atoms with Crippen molar-refractivity contribution in [1.29, 1.82) is 0 Å². The quantitative estimate of drug-likeness (QED) is 0.750. The fraction of sp³-hybridized carbons (Fsp3) is 0.0909. The van der Waals surface area contributed by atoms with Crippen molar-refractivity contribution >= 4 is 39.1 Å². The third-order valence-corrected chi connectivity index (χ3v) is 3.03. The van der Waals surface area contributed by atoms with Crippen LogP contribution in [0.4, 0.5) is 0 Å². The molecule has 0 fully saturated rings. The second-order valence-corrected chi connectivity index (χ2v) is 4.93. The van der Waals surface area contributed by atoms with Crippen molar-refractivity contribution in [1.82, 2.24) is 9.97 Å². The zero-order valence-electron chi connectivity index (χ0n) is 8.75. The van der Waals surface area contributed by atoms with E-state index in [0.717, 1.165) is 10.0 Å². The highest BCUT2D eigenvalue weighted by atomic mass is 79.9. The molecular weight excluding hydrogens is 327 g/mol. The van der Waals surface area contributed by atoms with E-state index in [9.17, 15) is 0 Å². The SMILES string of the molecule is Cc1cnc(Cl)nc1Oc1ccc(Cl)cc1Br. The van der Waals surface area contributed by atoms with Gasteiger partial charge in [-0.25, -0.2) is 4.98 Å². The number of aromatic nitrogens is 2. The Morgan fingerprint density at radius 3 is 2.76 bits per heavy atom. The van der Waals surface area contributed by atoms with Crippen LogP contribution in [0.1, 0.15) is 5.56 Å². The summed E-state index contributed by atoms with van der Waals surface area (Å²) < 4.78 is 6.38. The van der Waals surface area contributed by atoms with Crippen LogP contribution < -0.4 is 4.74 Å². The fourth-order valence-corrected chi connectivity index (χ4v) is 2.06. The van der Waals surface area contributed by atoms with E-state index in [0.29, 0.717) is 16.7 Å². The van der Waals surface area contributed by atoms with Crippen molar-refractivity contribution < 1.29 is 4.74 Å². The van der Waals surface area contributed by atoms with Crippen molar-refractivity contribution in [3.8, 4) is 11.6 Å². The van der Waals surface area contributed by atoms with Gasteiger partial charge >= 0.3 is 0 Å². The molecule has 0 bridgehead atoms. The highest BCUT2D eigenvalue weighted by Crippen LogP contribution is 2.32. The smallest absolute Gasteiger partial charge is 0.226 e. The number of ether oxygens (including phenoxy) is 1. The first-order valence-corrected chi connectivity index (χ1v) is 6.23. The van der Waals surface area contributed by atoms with Crippen molar-refractivity contribution in [3.63, 3.8) is 0 Å². The molecule has 0 saturated heterocycles. The molecule has 1 heterocycles. The Balaban J connectivity index is 2.34. The molecule has 3 nitrogen and oxygen atoms in total. The topological polar surface area (TPSA) is 35.0 Å². The zero-order valence-corrected chi connectivity index (χ0v) is 11.8. The molecule has 1 aromatic heterocycles. The number of aryl methyl sites for hydroxylation is 1.